The molecule has 8 rings (SSSR count). The standard InChI is InChI=1S/C41H55N5O6S/c1-28(2)46-26-32(25-43-46)31-11-20-42-37(24-31)45(27-40-14-17-41(18-15-40,19-16-40)33-7-10-36(51-4)29(3)23-33)38(47)30-5-8-35(9-6-30)52-39(48)44-34-12-21-53(49,50)22-13-34/h7,10-11,20,23-26,28,30,34-35H,5-6,8-9,12-19,21-22,27H2,1-4H3,(H,44,48). The molecule has 2 bridgehead atoms. The predicted octanol–water partition coefficient (Wildman–Crippen LogP) is 7.33. The number of hydrogen-bond donors (Lipinski definition) is 1. The van der Waals surface area contributed by atoms with Crippen LogP contribution >= 0.6 is 0 Å². The Bertz CT molecular complexity index is 1880. The Balaban J connectivity index is 1.06. The van der Waals surface area contributed by atoms with Crippen molar-refractivity contribution in [1.82, 2.24) is 20.1 Å². The van der Waals surface area contributed by atoms with Gasteiger partial charge in [0.15, 0.2) is 0 Å². The lowest BCUT2D eigenvalue weighted by atomic mass is 9.51. The SMILES string of the molecule is COc1ccc(C23CCC(CN(C(=O)C4CCC(OC(=O)NC5CCS(=O)(=O)CC5)CC4)c4cc(-c5cnn(C(C)C)c5)ccn4)(CC2)CC3)cc1C. The monoisotopic (exact) mass is 745 g/mol. The van der Waals surface area contributed by atoms with Crippen molar-refractivity contribution in [3.8, 4) is 16.9 Å². The number of benzene rings is 1. The van der Waals surface area contributed by atoms with Gasteiger partial charge in [-0.3, -0.25) is 14.4 Å². The number of aryl methyl sites for hydroxylation is 1. The van der Waals surface area contributed by atoms with E-state index in [1.54, 1.807) is 13.3 Å². The molecule has 2 aromatic heterocycles. The second-order valence-electron chi connectivity index (χ2n) is 16.5. The van der Waals surface area contributed by atoms with Crippen LogP contribution in [0, 0.1) is 18.3 Å². The average molecular weight is 746 g/mol. The van der Waals surface area contributed by atoms with Gasteiger partial charge in [-0.05, 0) is 144 Å². The van der Waals surface area contributed by atoms with Gasteiger partial charge < -0.3 is 14.8 Å². The normalized spacial score (nSPS) is 27.0. The molecule has 4 saturated carbocycles. The molecule has 12 heteroatoms. The minimum atomic E-state index is -3.01. The summed E-state index contributed by atoms with van der Waals surface area (Å²) in [6.45, 7) is 6.96. The highest BCUT2D eigenvalue weighted by atomic mass is 32.2. The van der Waals surface area contributed by atoms with Crippen molar-refractivity contribution < 1.29 is 27.5 Å². The Hall–Kier alpha value is -3.93. The molecule has 53 heavy (non-hydrogen) atoms. The van der Waals surface area contributed by atoms with E-state index in [1.807, 2.05) is 34.1 Å². The maximum Gasteiger partial charge on any atom is 0.407 e. The summed E-state index contributed by atoms with van der Waals surface area (Å²) in [6.07, 6.45) is 14.7. The molecule has 1 saturated heterocycles. The molecule has 3 heterocycles. The number of aromatic nitrogens is 3. The van der Waals surface area contributed by atoms with E-state index < -0.39 is 15.9 Å². The molecule has 1 aromatic carbocycles. The van der Waals surface area contributed by atoms with Gasteiger partial charge in [0.1, 0.15) is 27.5 Å². The maximum absolute atomic E-state index is 14.7. The number of anilines is 1. The van der Waals surface area contributed by atoms with Gasteiger partial charge in [0.2, 0.25) is 5.91 Å². The minimum absolute atomic E-state index is 0.0238. The molecule has 0 unspecified atom stereocenters. The number of carbonyl (C=O) groups is 2. The number of pyridine rings is 1. The molecule has 11 nitrogen and oxygen atoms in total. The smallest absolute Gasteiger partial charge is 0.407 e. The molecular weight excluding hydrogens is 691 g/mol. The number of rotatable bonds is 10. The van der Waals surface area contributed by atoms with Crippen LogP contribution in [0.25, 0.3) is 11.1 Å². The number of nitrogens with zero attached hydrogens (tertiary/aromatic N) is 4. The van der Waals surface area contributed by atoms with Crippen LogP contribution < -0.4 is 15.0 Å². The van der Waals surface area contributed by atoms with Crippen LogP contribution in [0.2, 0.25) is 0 Å². The number of sulfone groups is 1. The van der Waals surface area contributed by atoms with Crippen molar-refractivity contribution in [2.24, 2.45) is 11.3 Å². The summed E-state index contributed by atoms with van der Waals surface area (Å²) in [5, 5.41) is 7.42. The molecule has 0 spiro atoms. The van der Waals surface area contributed by atoms with E-state index in [1.165, 1.54) is 11.1 Å². The van der Waals surface area contributed by atoms with Crippen LogP contribution in [-0.4, -0.2) is 72.5 Å². The first-order valence-electron chi connectivity index (χ1n) is 19.5. The predicted molar refractivity (Wildman–Crippen MR) is 205 cm³/mol. The van der Waals surface area contributed by atoms with E-state index in [0.29, 0.717) is 50.9 Å². The third-order valence-electron chi connectivity index (χ3n) is 12.8. The molecule has 3 aromatic rings. The summed E-state index contributed by atoms with van der Waals surface area (Å²) < 4.78 is 36.8. The van der Waals surface area contributed by atoms with E-state index in [-0.39, 0.29) is 52.3 Å². The highest BCUT2D eigenvalue weighted by molar-refractivity contribution is 7.91. The van der Waals surface area contributed by atoms with Gasteiger partial charge in [-0.25, -0.2) is 18.2 Å². The van der Waals surface area contributed by atoms with E-state index in [9.17, 15) is 18.0 Å². The zero-order chi connectivity index (χ0) is 37.4. The molecule has 5 aliphatic rings. The number of carbonyl (C=O) groups excluding carboxylic acids is 2. The first kappa shape index (κ1) is 37.4. The van der Waals surface area contributed by atoms with Crippen LogP contribution in [0.3, 0.4) is 0 Å². The fraction of sp³-hybridized carbons (Fsp3) is 0.610. The Morgan fingerprint density at radius 2 is 1.66 bits per heavy atom. The molecular formula is C41H55N5O6S. The fourth-order valence-corrected chi connectivity index (χ4v) is 10.8. The zero-order valence-corrected chi connectivity index (χ0v) is 32.5. The van der Waals surface area contributed by atoms with Gasteiger partial charge in [-0.1, -0.05) is 12.1 Å². The summed E-state index contributed by atoms with van der Waals surface area (Å²) in [4.78, 5) is 34.2. The second kappa shape index (κ2) is 15.1. The topological polar surface area (TPSA) is 133 Å². The first-order valence-corrected chi connectivity index (χ1v) is 21.3. The van der Waals surface area contributed by atoms with Crippen molar-refractivity contribution >= 4 is 27.7 Å². The van der Waals surface area contributed by atoms with E-state index in [2.05, 4.69) is 49.4 Å². The molecule has 0 atom stereocenters. The Labute approximate surface area is 314 Å². The number of fused-ring (bicyclic) bond motifs is 3. The van der Waals surface area contributed by atoms with Gasteiger partial charge in [0.05, 0.1) is 24.8 Å². The molecule has 1 N–H and O–H groups in total. The van der Waals surface area contributed by atoms with E-state index in [0.717, 1.165) is 55.4 Å². The number of amides is 2. The third kappa shape index (κ3) is 8.12. The fourth-order valence-electron chi connectivity index (χ4n) is 9.30. The van der Waals surface area contributed by atoms with Crippen LogP contribution in [0.1, 0.15) is 108 Å². The number of nitrogens with one attached hydrogen (secondary N) is 1. The van der Waals surface area contributed by atoms with E-state index >= 15 is 0 Å². The lowest BCUT2D eigenvalue weighted by Crippen LogP contribution is -2.52. The van der Waals surface area contributed by atoms with Crippen LogP contribution in [0.5, 0.6) is 5.75 Å². The zero-order valence-electron chi connectivity index (χ0n) is 31.7. The highest BCUT2D eigenvalue weighted by Crippen LogP contribution is 2.58. The van der Waals surface area contributed by atoms with E-state index in [4.69, 9.17) is 14.5 Å². The Kier molecular flexibility index (Phi) is 10.6. The Morgan fingerprint density at radius 3 is 2.28 bits per heavy atom. The van der Waals surface area contributed by atoms with Crippen molar-refractivity contribution in [2.75, 3.05) is 30.1 Å². The number of ether oxygens (including phenoxy) is 2. The van der Waals surface area contributed by atoms with Crippen molar-refractivity contribution in [1.29, 1.82) is 0 Å². The lowest BCUT2D eigenvalue weighted by Gasteiger charge is -2.55. The Morgan fingerprint density at radius 1 is 0.962 bits per heavy atom. The minimum Gasteiger partial charge on any atom is -0.496 e. The summed E-state index contributed by atoms with van der Waals surface area (Å²) in [5.74, 6) is 1.69. The maximum atomic E-state index is 14.7. The van der Waals surface area contributed by atoms with Crippen LogP contribution in [0.4, 0.5) is 10.6 Å². The molecule has 0 radical (unpaired) electrons. The summed E-state index contributed by atoms with van der Waals surface area (Å²) in [5.41, 5.74) is 4.75. The largest absolute Gasteiger partial charge is 0.496 e. The highest BCUT2D eigenvalue weighted by Gasteiger charge is 2.51. The van der Waals surface area contributed by atoms with Crippen molar-refractivity contribution in [3.05, 3.63) is 60.0 Å². The summed E-state index contributed by atoms with van der Waals surface area (Å²) >= 11 is 0. The molecule has 5 fully saturated rings. The number of methoxy groups -OCH3 is 1. The van der Waals surface area contributed by atoms with Crippen LogP contribution in [-0.2, 0) is 24.8 Å². The van der Waals surface area contributed by atoms with Gasteiger partial charge in [0.25, 0.3) is 0 Å². The first-order chi connectivity index (χ1) is 25.4. The summed E-state index contributed by atoms with van der Waals surface area (Å²) in [6, 6.07) is 10.8. The molecule has 1 aliphatic heterocycles. The number of alkyl carbamates (subject to hydrolysis) is 1. The van der Waals surface area contributed by atoms with Crippen LogP contribution in [0.15, 0.2) is 48.9 Å². The lowest BCUT2D eigenvalue weighted by molar-refractivity contribution is -0.124. The van der Waals surface area contributed by atoms with Gasteiger partial charge in [-0.15, -0.1) is 0 Å². The second-order valence-corrected chi connectivity index (χ2v) is 18.8. The van der Waals surface area contributed by atoms with Gasteiger partial charge in [-0.2, -0.15) is 5.10 Å². The van der Waals surface area contributed by atoms with Gasteiger partial charge >= 0.3 is 6.09 Å². The number of hydrogen-bond acceptors (Lipinski definition) is 8. The van der Waals surface area contributed by atoms with Crippen molar-refractivity contribution in [3.63, 3.8) is 0 Å². The molecule has 286 valence electrons. The molecule has 2 amide bonds. The van der Waals surface area contributed by atoms with Crippen molar-refractivity contribution in [2.45, 2.75) is 121 Å². The third-order valence-corrected chi connectivity index (χ3v) is 14.5. The summed E-state index contributed by atoms with van der Waals surface area (Å²) in [7, 11) is -1.29. The van der Waals surface area contributed by atoms with Gasteiger partial charge in [0, 0.05) is 42.5 Å². The quantitative estimate of drug-likeness (QED) is 0.228. The molecule has 4 aliphatic carbocycles. The average Bonchev–Trinajstić information content (AvgIpc) is 3.67.